The van der Waals surface area contributed by atoms with Crippen molar-refractivity contribution in [2.45, 2.75) is 226 Å². The van der Waals surface area contributed by atoms with Crippen LogP contribution in [-0.4, -0.2) is 0 Å². The van der Waals surface area contributed by atoms with Crippen LogP contribution in [0.1, 0.15) is 226 Å². The Labute approximate surface area is 298 Å². The van der Waals surface area contributed by atoms with Crippen molar-refractivity contribution in [1.82, 2.24) is 0 Å². The molecule has 6 atom stereocenters. The molecule has 0 fully saturated rings. The normalized spacial score (nSPS) is 15.8. The van der Waals surface area contributed by atoms with Gasteiger partial charge in [0.05, 0.1) is 0 Å². The zero-order valence-corrected chi connectivity index (χ0v) is 34.4. The maximum atomic E-state index is 4.00. The monoisotopic (exact) mass is 649 g/mol. The summed E-state index contributed by atoms with van der Waals surface area (Å²) in [5.41, 5.74) is 1.33. The van der Waals surface area contributed by atoms with Gasteiger partial charge in [0.15, 0.2) is 0 Å². The van der Waals surface area contributed by atoms with Crippen molar-refractivity contribution in [3.05, 3.63) is 24.3 Å². The van der Waals surface area contributed by atoms with Crippen molar-refractivity contribution in [3.63, 3.8) is 0 Å². The lowest BCUT2D eigenvalue weighted by Crippen LogP contribution is -2.02. The Kier molecular flexibility index (Phi) is 60.4. The molecule has 0 bridgehead atoms. The molecule has 0 radical (unpaired) electrons. The van der Waals surface area contributed by atoms with Crippen molar-refractivity contribution in [2.24, 2.45) is 35.5 Å². The average Bonchev–Trinajstić information content (AvgIpc) is 3.55. The van der Waals surface area contributed by atoms with Crippen LogP contribution >= 0.6 is 0 Å². The molecule has 0 heterocycles. The van der Waals surface area contributed by atoms with Gasteiger partial charge in [-0.15, -0.1) is 19.4 Å². The van der Waals surface area contributed by atoms with E-state index in [9.17, 15) is 0 Å². The minimum absolute atomic E-state index is 0. The minimum atomic E-state index is 0. The van der Waals surface area contributed by atoms with Crippen LogP contribution in [-0.2, 0) is 0 Å². The molecule has 0 aromatic heterocycles. The zero-order chi connectivity index (χ0) is 35.9. The molecule has 0 spiro atoms. The molecule has 0 aliphatic heterocycles. The third-order valence-corrected chi connectivity index (χ3v) is 8.81. The highest BCUT2D eigenvalue weighted by Crippen LogP contribution is 2.21. The van der Waals surface area contributed by atoms with Crippen molar-refractivity contribution in [1.29, 1.82) is 0 Å². The first kappa shape index (κ1) is 57.3. The summed E-state index contributed by atoms with van der Waals surface area (Å²) < 4.78 is 0. The molecule has 46 heavy (non-hydrogen) atoms. The van der Waals surface area contributed by atoms with Crippen LogP contribution in [0.4, 0.5) is 0 Å². The van der Waals surface area contributed by atoms with Crippen LogP contribution in [0.3, 0.4) is 0 Å². The highest BCUT2D eigenvalue weighted by molar-refractivity contribution is 4.95. The molecule has 1 aliphatic rings. The van der Waals surface area contributed by atoms with Crippen LogP contribution in [0.5, 0.6) is 0 Å². The SMILES string of the molecule is C.C#C.C=C(C)CC(C)CCCC(C)CC.CCC.CCC1C=CCC1.CCCCC(C)CC.CCCCC(C)CC(C)CCC. The van der Waals surface area contributed by atoms with Gasteiger partial charge in [-0.2, -0.15) is 0 Å². The fourth-order valence-corrected chi connectivity index (χ4v) is 5.48. The summed E-state index contributed by atoms with van der Waals surface area (Å²) in [6.45, 7) is 35.8. The van der Waals surface area contributed by atoms with Gasteiger partial charge in [0.25, 0.3) is 0 Å². The predicted molar refractivity (Wildman–Crippen MR) is 223 cm³/mol. The van der Waals surface area contributed by atoms with Crippen LogP contribution in [0.25, 0.3) is 0 Å². The van der Waals surface area contributed by atoms with Crippen molar-refractivity contribution in [3.8, 4) is 12.8 Å². The summed E-state index contributed by atoms with van der Waals surface area (Å²) >= 11 is 0. The Morgan fingerprint density at radius 1 is 0.652 bits per heavy atom. The fraction of sp³-hybridized carbons (Fsp3) is 0.870. The van der Waals surface area contributed by atoms with E-state index in [1.807, 2.05) is 0 Å². The summed E-state index contributed by atoms with van der Waals surface area (Å²) in [5, 5.41) is 0. The van der Waals surface area contributed by atoms with Crippen LogP contribution in [0.2, 0.25) is 0 Å². The van der Waals surface area contributed by atoms with E-state index in [0.29, 0.717) is 0 Å². The van der Waals surface area contributed by atoms with Gasteiger partial charge >= 0.3 is 0 Å². The molecule has 280 valence electrons. The average molecular weight is 649 g/mol. The second kappa shape index (κ2) is 48.4. The van der Waals surface area contributed by atoms with Crippen LogP contribution in [0, 0.1) is 48.4 Å². The lowest BCUT2D eigenvalue weighted by molar-refractivity contribution is 0.368. The first-order chi connectivity index (χ1) is 21.4. The highest BCUT2D eigenvalue weighted by atomic mass is 14.1. The number of hydrogen-bond acceptors (Lipinski definition) is 0. The molecule has 0 aromatic carbocycles. The van der Waals surface area contributed by atoms with E-state index in [-0.39, 0.29) is 7.43 Å². The number of terminal acetylenes is 1. The summed E-state index contributed by atoms with van der Waals surface area (Å²) in [5.74, 6) is 5.52. The standard InChI is InChI=1S/C13H26.C12H26.C8H18.C7H12.C3H8.C2H2.CH4/c1-6-12(4)8-7-9-13(5)10-11(2)3;1-5-7-9-12(4)10-11(3)8-6-2;1-4-6-7-8(3)5-2;1-2-7-5-3-4-6-7;1-3-2;1-2;/h12-13H,2,6-10H2,1,3-5H3;11-12H,5-10H2,1-4H3;8H,4-7H2,1-3H3;3,5,7H,2,4,6H2,1H3;3H2,1-2H3;1-2H;1H4. The van der Waals surface area contributed by atoms with E-state index in [1.165, 1.54) is 128 Å². The minimum Gasteiger partial charge on any atom is -0.124 e. The Morgan fingerprint density at radius 2 is 1.07 bits per heavy atom. The number of allylic oxidation sites excluding steroid dienone is 3. The largest absolute Gasteiger partial charge is 0.124 e. The fourth-order valence-electron chi connectivity index (χ4n) is 5.48. The Morgan fingerprint density at radius 3 is 1.39 bits per heavy atom. The predicted octanol–water partition coefficient (Wildman–Crippen LogP) is 17.3. The smallest absolute Gasteiger partial charge is 0.0233 e. The Bertz CT molecular complexity index is 566. The quantitative estimate of drug-likeness (QED) is 0.0965. The van der Waals surface area contributed by atoms with Crippen molar-refractivity contribution in [2.75, 3.05) is 0 Å². The van der Waals surface area contributed by atoms with Gasteiger partial charge in [-0.25, -0.2) is 0 Å². The third kappa shape index (κ3) is 55.4. The lowest BCUT2D eigenvalue weighted by Gasteiger charge is -2.15. The molecule has 0 N–H and O–H groups in total. The highest BCUT2D eigenvalue weighted by Gasteiger charge is 2.07. The number of unbranched alkanes of at least 4 members (excludes halogenated alkanes) is 2. The van der Waals surface area contributed by atoms with Gasteiger partial charge in [-0.3, -0.25) is 0 Å². The third-order valence-electron chi connectivity index (χ3n) is 8.81. The van der Waals surface area contributed by atoms with E-state index >= 15 is 0 Å². The second-order valence-electron chi connectivity index (χ2n) is 14.6. The summed E-state index contributed by atoms with van der Waals surface area (Å²) in [6.07, 6.45) is 38.6. The first-order valence-electron chi connectivity index (χ1n) is 20.1. The Balaban J connectivity index is -0.000000112. The summed E-state index contributed by atoms with van der Waals surface area (Å²) in [7, 11) is 0. The van der Waals surface area contributed by atoms with Gasteiger partial charge < -0.3 is 0 Å². The molecule has 0 saturated heterocycles. The van der Waals surface area contributed by atoms with Gasteiger partial charge in [-0.05, 0) is 74.5 Å². The Hall–Kier alpha value is -0.960. The maximum Gasteiger partial charge on any atom is -0.0233 e. The van der Waals surface area contributed by atoms with E-state index < -0.39 is 0 Å². The van der Waals surface area contributed by atoms with Crippen molar-refractivity contribution >= 4 is 0 Å². The molecule has 0 heteroatoms. The molecule has 1 aliphatic carbocycles. The first-order valence-corrected chi connectivity index (χ1v) is 20.1. The van der Waals surface area contributed by atoms with Gasteiger partial charge in [-0.1, -0.05) is 205 Å². The maximum absolute atomic E-state index is 4.00. The van der Waals surface area contributed by atoms with E-state index in [0.717, 1.165) is 35.5 Å². The molecule has 0 nitrogen and oxygen atoms in total. The van der Waals surface area contributed by atoms with Gasteiger partial charge in [0.1, 0.15) is 0 Å². The second-order valence-corrected chi connectivity index (χ2v) is 14.6. The molecule has 0 saturated carbocycles. The van der Waals surface area contributed by atoms with E-state index in [4.69, 9.17) is 0 Å². The molecule has 0 aromatic rings. The van der Waals surface area contributed by atoms with E-state index in [1.54, 1.807) is 0 Å². The van der Waals surface area contributed by atoms with Crippen molar-refractivity contribution < 1.29 is 0 Å². The molecular formula is C46H96. The van der Waals surface area contributed by atoms with Crippen LogP contribution < -0.4 is 0 Å². The van der Waals surface area contributed by atoms with Gasteiger partial charge in [0.2, 0.25) is 0 Å². The number of hydrogen-bond donors (Lipinski definition) is 0. The summed E-state index contributed by atoms with van der Waals surface area (Å²) in [4.78, 5) is 0. The topological polar surface area (TPSA) is 0 Å². The molecule has 6 unspecified atom stereocenters. The van der Waals surface area contributed by atoms with Gasteiger partial charge in [0, 0.05) is 0 Å². The van der Waals surface area contributed by atoms with Crippen LogP contribution in [0.15, 0.2) is 24.3 Å². The molecule has 1 rings (SSSR count). The van der Waals surface area contributed by atoms with E-state index in [2.05, 4.69) is 129 Å². The number of rotatable bonds is 19. The molecular weight excluding hydrogens is 553 g/mol. The zero-order valence-electron chi connectivity index (χ0n) is 34.4. The summed E-state index contributed by atoms with van der Waals surface area (Å²) in [6, 6.07) is 0. The lowest BCUT2D eigenvalue weighted by atomic mass is 9.91. The molecule has 0 amide bonds.